The molecule has 0 saturated carbocycles. The molecule has 1 aromatic carbocycles. The Kier molecular flexibility index (Phi) is 4.56. The number of H-pyrrole nitrogens is 1. The molecule has 0 fully saturated rings. The van der Waals surface area contributed by atoms with Crippen molar-refractivity contribution in [3.63, 3.8) is 0 Å². The number of imidazole rings is 1. The molecule has 0 aliphatic rings. The summed E-state index contributed by atoms with van der Waals surface area (Å²) in [6.45, 7) is 5.84. The maximum atomic E-state index is 11.9. The van der Waals surface area contributed by atoms with Gasteiger partial charge in [0.1, 0.15) is 5.60 Å². The number of carbonyl (C=O) groups excluding carboxylic acids is 1. The first kappa shape index (κ1) is 16.1. The number of alkyl carbamates (subject to hydrolysis) is 1. The summed E-state index contributed by atoms with van der Waals surface area (Å²) in [6, 6.07) is 5.25. The third kappa shape index (κ3) is 3.88. The molecule has 0 radical (unpaired) electrons. The quantitative estimate of drug-likeness (QED) is 0.794. The molecular weight excluding hydrogens is 286 g/mol. The summed E-state index contributed by atoms with van der Waals surface area (Å²) in [5.41, 5.74) is 1.30. The summed E-state index contributed by atoms with van der Waals surface area (Å²) in [4.78, 5) is 26.3. The van der Waals surface area contributed by atoms with Crippen LogP contribution in [0.25, 0.3) is 11.0 Å². The average Bonchev–Trinajstić information content (AvgIpc) is 2.72. The maximum Gasteiger partial charge on any atom is 0.407 e. The van der Waals surface area contributed by atoms with Gasteiger partial charge in [-0.25, -0.2) is 9.59 Å². The van der Waals surface area contributed by atoms with E-state index in [1.807, 2.05) is 0 Å². The number of hydrogen-bond donors (Lipinski definition) is 3. The van der Waals surface area contributed by atoms with E-state index in [1.165, 1.54) is 4.57 Å². The third-order valence-corrected chi connectivity index (χ3v) is 3.03. The van der Waals surface area contributed by atoms with Crippen molar-refractivity contribution in [2.45, 2.75) is 39.5 Å². The van der Waals surface area contributed by atoms with Crippen molar-refractivity contribution in [2.75, 3.05) is 6.54 Å². The van der Waals surface area contributed by atoms with E-state index in [0.29, 0.717) is 17.6 Å². The second kappa shape index (κ2) is 6.23. The summed E-state index contributed by atoms with van der Waals surface area (Å²) >= 11 is 0. The van der Waals surface area contributed by atoms with Crippen molar-refractivity contribution in [1.82, 2.24) is 14.9 Å². The highest BCUT2D eigenvalue weighted by molar-refractivity contribution is 5.76. The van der Waals surface area contributed by atoms with Crippen molar-refractivity contribution >= 4 is 17.1 Å². The minimum Gasteiger partial charge on any atom is -0.444 e. The van der Waals surface area contributed by atoms with Gasteiger partial charge in [0.2, 0.25) is 0 Å². The molecule has 7 heteroatoms. The van der Waals surface area contributed by atoms with Crippen LogP contribution in [0.2, 0.25) is 0 Å². The van der Waals surface area contributed by atoms with Gasteiger partial charge in [0.05, 0.1) is 17.6 Å². The van der Waals surface area contributed by atoms with E-state index in [9.17, 15) is 14.7 Å². The van der Waals surface area contributed by atoms with Crippen LogP contribution in [0.3, 0.4) is 0 Å². The highest BCUT2D eigenvalue weighted by Gasteiger charge is 2.15. The Labute approximate surface area is 127 Å². The predicted octanol–water partition coefficient (Wildman–Crippen LogP) is 1.35. The average molecular weight is 307 g/mol. The minimum absolute atomic E-state index is 0.0918. The number of aromatic amines is 1. The Hall–Kier alpha value is -2.28. The molecule has 2 aromatic rings. The first-order valence-corrected chi connectivity index (χ1v) is 7.09. The van der Waals surface area contributed by atoms with E-state index in [-0.39, 0.29) is 18.8 Å². The number of aromatic nitrogens is 2. The summed E-state index contributed by atoms with van der Waals surface area (Å²) in [6.07, 6.45) is -0.517. The summed E-state index contributed by atoms with van der Waals surface area (Å²) in [5.74, 6) is 0. The standard InChI is InChI=1S/C15H21N3O4/c1-15(2,3)22-14(21)16-6-7-18-12-8-10(9-19)4-5-11(12)17-13(18)20/h4-5,8,19H,6-7,9H2,1-3H3,(H,16,21)(H,17,20). The molecule has 0 spiro atoms. The second-order valence-electron chi connectivity index (χ2n) is 6.02. The fraction of sp³-hybridized carbons (Fsp3) is 0.467. The number of hydrogen-bond acceptors (Lipinski definition) is 4. The number of ether oxygens (including phenoxy) is 1. The van der Waals surface area contributed by atoms with Crippen molar-refractivity contribution in [1.29, 1.82) is 0 Å². The lowest BCUT2D eigenvalue weighted by Crippen LogP contribution is -2.35. The first-order valence-electron chi connectivity index (χ1n) is 7.09. The molecule has 1 amide bonds. The molecule has 0 unspecified atom stereocenters. The van der Waals surface area contributed by atoms with E-state index >= 15 is 0 Å². The van der Waals surface area contributed by atoms with Crippen LogP contribution in [0.5, 0.6) is 0 Å². The van der Waals surface area contributed by atoms with Gasteiger partial charge in [0.15, 0.2) is 0 Å². The molecule has 2 rings (SSSR count). The number of fused-ring (bicyclic) bond motifs is 1. The molecule has 0 atom stereocenters. The Morgan fingerprint density at radius 1 is 1.41 bits per heavy atom. The number of aliphatic hydroxyl groups excluding tert-OH is 1. The number of nitrogens with one attached hydrogen (secondary N) is 2. The third-order valence-electron chi connectivity index (χ3n) is 3.03. The largest absolute Gasteiger partial charge is 0.444 e. The van der Waals surface area contributed by atoms with Gasteiger partial charge in [-0.3, -0.25) is 4.57 Å². The Bertz CT molecular complexity index is 724. The van der Waals surface area contributed by atoms with Crippen molar-refractivity contribution in [3.05, 3.63) is 34.2 Å². The molecule has 0 bridgehead atoms. The smallest absolute Gasteiger partial charge is 0.407 e. The van der Waals surface area contributed by atoms with Gasteiger partial charge in [-0.2, -0.15) is 0 Å². The van der Waals surface area contributed by atoms with E-state index in [2.05, 4.69) is 10.3 Å². The highest BCUT2D eigenvalue weighted by Crippen LogP contribution is 2.13. The van der Waals surface area contributed by atoms with Gasteiger partial charge in [0, 0.05) is 13.1 Å². The number of aliphatic hydroxyl groups is 1. The fourth-order valence-electron chi connectivity index (χ4n) is 2.10. The Morgan fingerprint density at radius 3 is 2.77 bits per heavy atom. The Balaban J connectivity index is 2.07. The SMILES string of the molecule is CC(C)(C)OC(=O)NCCn1c(=O)[nH]c2ccc(CO)cc21. The molecular formula is C15H21N3O4. The van der Waals surface area contributed by atoms with E-state index < -0.39 is 11.7 Å². The molecule has 3 N–H and O–H groups in total. The lowest BCUT2D eigenvalue weighted by molar-refractivity contribution is 0.0526. The Morgan fingerprint density at radius 2 is 2.14 bits per heavy atom. The van der Waals surface area contributed by atoms with Gasteiger partial charge in [-0.05, 0) is 38.5 Å². The molecule has 1 aromatic heterocycles. The van der Waals surface area contributed by atoms with Crippen LogP contribution >= 0.6 is 0 Å². The van der Waals surface area contributed by atoms with Gasteiger partial charge in [-0.1, -0.05) is 6.07 Å². The lowest BCUT2D eigenvalue weighted by atomic mass is 10.2. The zero-order valence-corrected chi connectivity index (χ0v) is 13.0. The zero-order valence-electron chi connectivity index (χ0n) is 13.0. The zero-order chi connectivity index (χ0) is 16.3. The predicted molar refractivity (Wildman–Crippen MR) is 82.7 cm³/mol. The summed E-state index contributed by atoms with van der Waals surface area (Å²) in [7, 11) is 0. The van der Waals surface area contributed by atoms with E-state index in [4.69, 9.17) is 4.74 Å². The molecule has 0 aliphatic carbocycles. The fourth-order valence-corrected chi connectivity index (χ4v) is 2.10. The topological polar surface area (TPSA) is 96.4 Å². The monoisotopic (exact) mass is 307 g/mol. The normalized spacial score (nSPS) is 11.6. The van der Waals surface area contributed by atoms with Crippen molar-refractivity contribution < 1.29 is 14.6 Å². The van der Waals surface area contributed by atoms with Crippen molar-refractivity contribution in [2.24, 2.45) is 0 Å². The van der Waals surface area contributed by atoms with Gasteiger partial charge < -0.3 is 20.1 Å². The van der Waals surface area contributed by atoms with Crippen LogP contribution in [0.15, 0.2) is 23.0 Å². The maximum absolute atomic E-state index is 11.9. The molecule has 0 aliphatic heterocycles. The first-order chi connectivity index (χ1) is 10.3. The van der Waals surface area contributed by atoms with Crippen LogP contribution < -0.4 is 11.0 Å². The number of amides is 1. The van der Waals surface area contributed by atoms with Crippen LogP contribution in [-0.4, -0.2) is 32.9 Å². The highest BCUT2D eigenvalue weighted by atomic mass is 16.6. The van der Waals surface area contributed by atoms with Crippen molar-refractivity contribution in [3.8, 4) is 0 Å². The van der Waals surface area contributed by atoms with Crippen LogP contribution in [-0.2, 0) is 17.9 Å². The molecule has 0 saturated heterocycles. The van der Waals surface area contributed by atoms with E-state index in [1.54, 1.807) is 39.0 Å². The molecule has 22 heavy (non-hydrogen) atoms. The van der Waals surface area contributed by atoms with E-state index in [0.717, 1.165) is 5.56 Å². The number of rotatable bonds is 4. The number of carbonyl (C=O) groups is 1. The van der Waals surface area contributed by atoms with Crippen LogP contribution in [0.4, 0.5) is 4.79 Å². The molecule has 1 heterocycles. The summed E-state index contributed by atoms with van der Waals surface area (Å²) in [5, 5.41) is 11.8. The summed E-state index contributed by atoms with van der Waals surface area (Å²) < 4.78 is 6.65. The van der Waals surface area contributed by atoms with Gasteiger partial charge >= 0.3 is 11.8 Å². The van der Waals surface area contributed by atoms with Crippen LogP contribution in [0, 0.1) is 0 Å². The van der Waals surface area contributed by atoms with Gasteiger partial charge in [-0.15, -0.1) is 0 Å². The lowest BCUT2D eigenvalue weighted by Gasteiger charge is -2.19. The number of nitrogens with zero attached hydrogens (tertiary/aromatic N) is 1. The molecule has 7 nitrogen and oxygen atoms in total. The minimum atomic E-state index is -0.558. The number of benzene rings is 1. The van der Waals surface area contributed by atoms with Crippen LogP contribution in [0.1, 0.15) is 26.3 Å². The molecule has 120 valence electrons. The second-order valence-corrected chi connectivity index (χ2v) is 6.02. The van der Waals surface area contributed by atoms with Gasteiger partial charge in [0.25, 0.3) is 0 Å².